The molecule has 0 spiro atoms. The molecular formula is C21H21NO4. The molecule has 3 rings (SSSR count). The first kappa shape index (κ1) is 17.6. The van der Waals surface area contributed by atoms with Crippen molar-refractivity contribution < 1.29 is 19.0 Å². The molecule has 5 nitrogen and oxygen atoms in total. The van der Waals surface area contributed by atoms with E-state index in [2.05, 4.69) is 0 Å². The minimum atomic E-state index is -0.365. The molecule has 1 aromatic heterocycles. The first-order valence-electron chi connectivity index (χ1n) is 8.37. The molecule has 3 aromatic rings. The van der Waals surface area contributed by atoms with Crippen LogP contribution in [0.5, 0.6) is 17.2 Å². The van der Waals surface area contributed by atoms with Crippen LogP contribution >= 0.6 is 0 Å². The van der Waals surface area contributed by atoms with Gasteiger partial charge in [-0.1, -0.05) is 12.1 Å². The van der Waals surface area contributed by atoms with Gasteiger partial charge in [-0.3, -0.25) is 0 Å². The standard InChI is InChI=1S/C21H21NO4/c1-4-25-20(23)12-11-15-14-22(2)18-9-6-10-19(21(15)18)26-17-8-5-7-16(13-17)24-3/h5-14H,4H2,1-3H3. The molecule has 0 unspecified atom stereocenters. The van der Waals surface area contributed by atoms with Crippen molar-refractivity contribution in [2.45, 2.75) is 6.92 Å². The van der Waals surface area contributed by atoms with E-state index in [1.54, 1.807) is 20.1 Å². The third kappa shape index (κ3) is 3.72. The molecule has 1 heterocycles. The number of esters is 1. The molecule has 0 saturated carbocycles. The lowest BCUT2D eigenvalue weighted by atomic mass is 10.1. The molecule has 2 aromatic carbocycles. The SMILES string of the molecule is CCOC(=O)C=Cc1cn(C)c2cccc(Oc3cccc(OC)c3)c12. The smallest absolute Gasteiger partial charge is 0.330 e. The normalized spacial score (nSPS) is 11.0. The molecule has 0 fully saturated rings. The Balaban J connectivity index is 2.01. The number of ether oxygens (including phenoxy) is 3. The Morgan fingerprint density at radius 2 is 1.92 bits per heavy atom. The maximum absolute atomic E-state index is 11.6. The summed E-state index contributed by atoms with van der Waals surface area (Å²) in [6, 6.07) is 13.3. The van der Waals surface area contributed by atoms with E-state index < -0.39 is 0 Å². The van der Waals surface area contributed by atoms with Crippen molar-refractivity contribution in [1.29, 1.82) is 0 Å². The minimum Gasteiger partial charge on any atom is -0.497 e. The van der Waals surface area contributed by atoms with E-state index in [9.17, 15) is 4.79 Å². The number of aryl methyl sites for hydroxylation is 1. The van der Waals surface area contributed by atoms with E-state index in [-0.39, 0.29) is 5.97 Å². The zero-order valence-corrected chi connectivity index (χ0v) is 15.1. The second-order valence-electron chi connectivity index (χ2n) is 5.71. The Labute approximate surface area is 152 Å². The summed E-state index contributed by atoms with van der Waals surface area (Å²) in [6.07, 6.45) is 5.14. The molecule has 0 aliphatic carbocycles. The largest absolute Gasteiger partial charge is 0.497 e. The van der Waals surface area contributed by atoms with Gasteiger partial charge in [0.2, 0.25) is 0 Å². The van der Waals surface area contributed by atoms with E-state index in [0.29, 0.717) is 18.1 Å². The first-order valence-corrected chi connectivity index (χ1v) is 8.37. The van der Waals surface area contributed by atoms with Gasteiger partial charge >= 0.3 is 5.97 Å². The highest BCUT2D eigenvalue weighted by Gasteiger charge is 2.12. The summed E-state index contributed by atoms with van der Waals surface area (Å²) in [7, 11) is 3.58. The molecule has 26 heavy (non-hydrogen) atoms. The van der Waals surface area contributed by atoms with Crippen LogP contribution in [0.4, 0.5) is 0 Å². The van der Waals surface area contributed by atoms with Crippen LogP contribution in [0.15, 0.2) is 54.7 Å². The number of benzene rings is 2. The fraction of sp³-hybridized carbons (Fsp3) is 0.190. The third-order valence-electron chi connectivity index (χ3n) is 3.96. The molecular weight excluding hydrogens is 330 g/mol. The highest BCUT2D eigenvalue weighted by molar-refractivity contribution is 5.97. The van der Waals surface area contributed by atoms with Crippen molar-refractivity contribution in [3.8, 4) is 17.2 Å². The second kappa shape index (κ2) is 7.78. The lowest BCUT2D eigenvalue weighted by Gasteiger charge is -2.09. The Kier molecular flexibility index (Phi) is 5.27. The van der Waals surface area contributed by atoms with Crippen LogP contribution < -0.4 is 9.47 Å². The molecule has 0 atom stereocenters. The van der Waals surface area contributed by atoms with Gasteiger partial charge in [0.15, 0.2) is 0 Å². The van der Waals surface area contributed by atoms with Crippen LogP contribution in [-0.4, -0.2) is 24.3 Å². The zero-order valence-electron chi connectivity index (χ0n) is 15.1. The van der Waals surface area contributed by atoms with Gasteiger partial charge in [-0.05, 0) is 37.3 Å². The van der Waals surface area contributed by atoms with E-state index in [4.69, 9.17) is 14.2 Å². The fourth-order valence-electron chi connectivity index (χ4n) is 2.80. The van der Waals surface area contributed by atoms with Gasteiger partial charge in [0.05, 0.1) is 19.2 Å². The summed E-state index contributed by atoms with van der Waals surface area (Å²) in [6.45, 7) is 2.13. The number of nitrogens with zero attached hydrogens (tertiary/aromatic N) is 1. The van der Waals surface area contributed by atoms with Gasteiger partial charge in [0, 0.05) is 36.3 Å². The van der Waals surface area contributed by atoms with E-state index in [1.807, 2.05) is 60.3 Å². The van der Waals surface area contributed by atoms with Crippen molar-refractivity contribution in [3.05, 3.63) is 60.3 Å². The van der Waals surface area contributed by atoms with Gasteiger partial charge in [-0.25, -0.2) is 4.79 Å². The summed E-state index contributed by atoms with van der Waals surface area (Å²) in [4.78, 5) is 11.6. The summed E-state index contributed by atoms with van der Waals surface area (Å²) in [5.74, 6) is 1.75. The second-order valence-corrected chi connectivity index (χ2v) is 5.71. The Hall–Kier alpha value is -3.21. The number of rotatable bonds is 6. The Morgan fingerprint density at radius 1 is 1.15 bits per heavy atom. The zero-order chi connectivity index (χ0) is 18.5. The number of fused-ring (bicyclic) bond motifs is 1. The molecule has 0 radical (unpaired) electrons. The van der Waals surface area contributed by atoms with Crippen LogP contribution in [0.25, 0.3) is 17.0 Å². The van der Waals surface area contributed by atoms with Crippen LogP contribution in [0.2, 0.25) is 0 Å². The predicted octanol–water partition coefficient (Wildman–Crippen LogP) is 4.56. The van der Waals surface area contributed by atoms with Gasteiger partial charge in [-0.15, -0.1) is 0 Å². The Bertz CT molecular complexity index is 956. The molecule has 0 amide bonds. The summed E-state index contributed by atoms with van der Waals surface area (Å²) >= 11 is 0. The average molecular weight is 351 g/mol. The van der Waals surface area contributed by atoms with E-state index in [1.165, 1.54) is 6.08 Å². The van der Waals surface area contributed by atoms with Gasteiger partial charge in [0.1, 0.15) is 17.2 Å². The van der Waals surface area contributed by atoms with E-state index >= 15 is 0 Å². The number of hydrogen-bond donors (Lipinski definition) is 0. The topological polar surface area (TPSA) is 49.7 Å². The molecule has 134 valence electrons. The molecule has 5 heteroatoms. The van der Waals surface area contributed by atoms with E-state index in [0.717, 1.165) is 22.2 Å². The number of carbonyl (C=O) groups is 1. The lowest BCUT2D eigenvalue weighted by Crippen LogP contribution is -1.98. The highest BCUT2D eigenvalue weighted by Crippen LogP contribution is 2.35. The molecule has 0 bridgehead atoms. The van der Waals surface area contributed by atoms with Gasteiger partial charge < -0.3 is 18.8 Å². The number of carbonyl (C=O) groups excluding carboxylic acids is 1. The van der Waals surface area contributed by atoms with Crippen molar-refractivity contribution in [3.63, 3.8) is 0 Å². The lowest BCUT2D eigenvalue weighted by molar-refractivity contribution is -0.137. The van der Waals surface area contributed by atoms with Gasteiger partial charge in [-0.2, -0.15) is 0 Å². The van der Waals surface area contributed by atoms with Crippen molar-refractivity contribution in [2.75, 3.05) is 13.7 Å². The van der Waals surface area contributed by atoms with Crippen molar-refractivity contribution in [1.82, 2.24) is 4.57 Å². The van der Waals surface area contributed by atoms with Crippen molar-refractivity contribution >= 4 is 22.9 Å². The summed E-state index contributed by atoms with van der Waals surface area (Å²) in [5.41, 5.74) is 1.89. The van der Waals surface area contributed by atoms with Crippen LogP contribution in [0, 0.1) is 0 Å². The monoisotopic (exact) mass is 351 g/mol. The van der Waals surface area contributed by atoms with Crippen LogP contribution in [-0.2, 0) is 16.6 Å². The minimum absolute atomic E-state index is 0.350. The average Bonchev–Trinajstić information content (AvgIpc) is 2.97. The number of aromatic nitrogens is 1. The molecule has 0 aliphatic rings. The number of methoxy groups -OCH3 is 1. The maximum Gasteiger partial charge on any atom is 0.330 e. The first-order chi connectivity index (χ1) is 12.6. The predicted molar refractivity (Wildman–Crippen MR) is 102 cm³/mol. The Morgan fingerprint density at radius 3 is 2.69 bits per heavy atom. The molecule has 0 saturated heterocycles. The highest BCUT2D eigenvalue weighted by atomic mass is 16.5. The number of hydrogen-bond acceptors (Lipinski definition) is 4. The van der Waals surface area contributed by atoms with Crippen LogP contribution in [0.1, 0.15) is 12.5 Å². The quantitative estimate of drug-likeness (QED) is 0.483. The summed E-state index contributed by atoms with van der Waals surface area (Å²) < 4.78 is 18.3. The maximum atomic E-state index is 11.6. The summed E-state index contributed by atoms with van der Waals surface area (Å²) in [5, 5.41) is 0.929. The van der Waals surface area contributed by atoms with Crippen LogP contribution in [0.3, 0.4) is 0 Å². The fourth-order valence-corrected chi connectivity index (χ4v) is 2.80. The van der Waals surface area contributed by atoms with Crippen molar-refractivity contribution in [2.24, 2.45) is 7.05 Å². The van der Waals surface area contributed by atoms with Gasteiger partial charge in [0.25, 0.3) is 0 Å². The molecule has 0 N–H and O–H groups in total. The third-order valence-corrected chi connectivity index (χ3v) is 3.96. The molecule has 0 aliphatic heterocycles.